The monoisotopic (exact) mass is 425 g/mol. The summed E-state index contributed by atoms with van der Waals surface area (Å²) in [6.07, 6.45) is -2.87. The molecule has 2 atom stereocenters. The minimum atomic E-state index is -4.72. The average molecular weight is 425 g/mol. The number of aryl methyl sites for hydroxylation is 1. The van der Waals surface area contributed by atoms with E-state index in [-0.39, 0.29) is 0 Å². The summed E-state index contributed by atoms with van der Waals surface area (Å²) < 4.78 is 94.5. The van der Waals surface area contributed by atoms with Crippen LogP contribution in [0.5, 0.6) is 0 Å². The Kier molecular flexibility index (Phi) is 6.06. The zero-order valence-electron chi connectivity index (χ0n) is 13.9. The average Bonchev–Trinajstić information content (AvgIpc) is 2.63. The lowest BCUT2D eigenvalue weighted by Crippen LogP contribution is -2.41. The second-order valence-electron chi connectivity index (χ2n) is 5.68. The van der Waals surface area contributed by atoms with Gasteiger partial charge in [-0.1, -0.05) is 17.7 Å². The zero-order valence-corrected chi connectivity index (χ0v) is 14.7. The molecule has 6 nitrogen and oxygen atoms in total. The Balaban J connectivity index is 2.66. The van der Waals surface area contributed by atoms with E-state index in [1.54, 1.807) is 6.92 Å². The molecule has 0 radical (unpaired) electrons. The van der Waals surface area contributed by atoms with Crippen molar-refractivity contribution in [1.82, 2.24) is 4.72 Å². The van der Waals surface area contributed by atoms with Crippen LogP contribution in [0.2, 0.25) is 0 Å². The van der Waals surface area contributed by atoms with Gasteiger partial charge in [-0.25, -0.2) is 39.9 Å². The van der Waals surface area contributed by atoms with E-state index in [0.717, 1.165) is 12.1 Å². The molecule has 0 heterocycles. The Morgan fingerprint density at radius 2 is 1.36 bits per heavy atom. The first kappa shape index (κ1) is 21.7. The van der Waals surface area contributed by atoms with Crippen molar-refractivity contribution in [2.45, 2.75) is 24.0 Å². The number of aliphatic carboxylic acids is 1. The molecular formula is C16H12F5NO5S. The van der Waals surface area contributed by atoms with Crippen molar-refractivity contribution < 1.29 is 45.4 Å². The van der Waals surface area contributed by atoms with Crippen molar-refractivity contribution in [2.75, 3.05) is 0 Å². The summed E-state index contributed by atoms with van der Waals surface area (Å²) in [6, 6.07) is 2.08. The van der Waals surface area contributed by atoms with Gasteiger partial charge in [0.05, 0.1) is 16.5 Å². The number of hydrogen-bond acceptors (Lipinski definition) is 4. The maximum Gasteiger partial charge on any atom is 0.334 e. The number of aliphatic hydroxyl groups excluding tert-OH is 1. The summed E-state index contributed by atoms with van der Waals surface area (Å²) in [7, 11) is -4.72. The lowest BCUT2D eigenvalue weighted by molar-refractivity contribution is -0.148. The normalized spacial score (nSPS) is 14.0. The summed E-state index contributed by atoms with van der Waals surface area (Å²) in [5, 5.41) is 18.6. The molecule has 0 aromatic heterocycles. The molecule has 2 rings (SSSR count). The molecular weight excluding hydrogens is 413 g/mol. The van der Waals surface area contributed by atoms with E-state index in [1.807, 2.05) is 0 Å². The molecule has 0 aliphatic carbocycles. The molecule has 2 aromatic rings. The Hall–Kier alpha value is -2.57. The van der Waals surface area contributed by atoms with Crippen LogP contribution in [-0.4, -0.2) is 30.7 Å². The number of rotatable bonds is 6. The second kappa shape index (κ2) is 7.81. The maximum absolute atomic E-state index is 14.0. The van der Waals surface area contributed by atoms with Gasteiger partial charge in [-0.2, -0.15) is 0 Å². The number of carbonyl (C=O) groups is 1. The first-order valence-electron chi connectivity index (χ1n) is 7.39. The summed E-state index contributed by atoms with van der Waals surface area (Å²) in [5.74, 6) is -14.5. The van der Waals surface area contributed by atoms with E-state index >= 15 is 0 Å². The Morgan fingerprint density at radius 3 is 1.79 bits per heavy atom. The molecule has 152 valence electrons. The first-order valence-corrected chi connectivity index (χ1v) is 8.88. The van der Waals surface area contributed by atoms with Gasteiger partial charge in [0, 0.05) is 0 Å². The van der Waals surface area contributed by atoms with Gasteiger partial charge in [-0.05, 0) is 19.1 Å². The number of aliphatic hydroxyl groups is 1. The van der Waals surface area contributed by atoms with Crippen molar-refractivity contribution in [3.05, 3.63) is 64.5 Å². The van der Waals surface area contributed by atoms with E-state index < -0.39 is 67.7 Å². The molecule has 0 bridgehead atoms. The van der Waals surface area contributed by atoms with Crippen molar-refractivity contribution in [3.8, 4) is 0 Å². The number of nitrogens with one attached hydrogen (secondary N) is 1. The van der Waals surface area contributed by atoms with Gasteiger partial charge in [0.1, 0.15) is 0 Å². The van der Waals surface area contributed by atoms with Crippen molar-refractivity contribution >= 4 is 16.0 Å². The number of halogens is 5. The van der Waals surface area contributed by atoms with Gasteiger partial charge in [-0.3, -0.25) is 0 Å². The van der Waals surface area contributed by atoms with Gasteiger partial charge in [0.25, 0.3) is 0 Å². The molecule has 3 N–H and O–H groups in total. The van der Waals surface area contributed by atoms with Gasteiger partial charge in [0.2, 0.25) is 15.8 Å². The van der Waals surface area contributed by atoms with Crippen LogP contribution in [0.15, 0.2) is 29.2 Å². The molecule has 0 amide bonds. The minimum Gasteiger partial charge on any atom is -0.479 e. The minimum absolute atomic E-state index is 0.496. The summed E-state index contributed by atoms with van der Waals surface area (Å²) in [4.78, 5) is 10.6. The highest BCUT2D eigenvalue weighted by atomic mass is 32.2. The summed E-state index contributed by atoms with van der Waals surface area (Å²) in [5.41, 5.74) is -1.19. The molecule has 2 unspecified atom stereocenters. The number of hydrogen-bond donors (Lipinski definition) is 3. The Labute approximate surface area is 155 Å². The Bertz CT molecular complexity index is 998. The fourth-order valence-corrected chi connectivity index (χ4v) is 3.48. The van der Waals surface area contributed by atoms with Crippen LogP contribution >= 0.6 is 0 Å². The van der Waals surface area contributed by atoms with E-state index in [9.17, 15) is 40.3 Å². The lowest BCUT2D eigenvalue weighted by atomic mass is 10.00. The van der Waals surface area contributed by atoms with E-state index in [4.69, 9.17) is 5.11 Å². The highest BCUT2D eigenvalue weighted by Gasteiger charge is 2.39. The number of benzene rings is 2. The second-order valence-corrected chi connectivity index (χ2v) is 7.39. The van der Waals surface area contributed by atoms with Crippen LogP contribution < -0.4 is 4.72 Å². The van der Waals surface area contributed by atoms with Gasteiger partial charge >= 0.3 is 5.97 Å². The van der Waals surface area contributed by atoms with Crippen LogP contribution in [-0.2, 0) is 14.8 Å². The fraction of sp³-hybridized carbons (Fsp3) is 0.188. The third-order valence-electron chi connectivity index (χ3n) is 3.74. The van der Waals surface area contributed by atoms with Crippen LogP contribution in [0.1, 0.15) is 17.2 Å². The van der Waals surface area contributed by atoms with Crippen LogP contribution in [0.3, 0.4) is 0 Å². The lowest BCUT2D eigenvalue weighted by Gasteiger charge is -2.23. The molecule has 0 saturated carbocycles. The predicted molar refractivity (Wildman–Crippen MR) is 84.1 cm³/mol. The van der Waals surface area contributed by atoms with Crippen molar-refractivity contribution in [1.29, 1.82) is 0 Å². The topological polar surface area (TPSA) is 104 Å². The third kappa shape index (κ3) is 3.98. The zero-order chi connectivity index (χ0) is 21.4. The molecule has 0 spiro atoms. The van der Waals surface area contributed by atoms with Crippen molar-refractivity contribution in [2.24, 2.45) is 0 Å². The maximum atomic E-state index is 14.0. The van der Waals surface area contributed by atoms with E-state index in [2.05, 4.69) is 0 Å². The van der Waals surface area contributed by atoms with Crippen LogP contribution in [0.25, 0.3) is 0 Å². The van der Waals surface area contributed by atoms with Crippen molar-refractivity contribution in [3.63, 3.8) is 0 Å². The standard InChI is InChI=1S/C16H12F5NO5S/c1-6-2-4-7(5-3-6)28(26,27)22-14(15(23)16(24)25)8-9(17)11(19)13(21)12(20)10(8)18/h2-5,14-15,22-23H,1H3,(H,24,25). The molecule has 0 aliphatic rings. The highest BCUT2D eigenvalue weighted by Crippen LogP contribution is 2.31. The smallest absolute Gasteiger partial charge is 0.334 e. The summed E-state index contributed by atoms with van der Waals surface area (Å²) in [6.45, 7) is 1.62. The molecule has 2 aromatic carbocycles. The third-order valence-corrected chi connectivity index (χ3v) is 5.19. The fourth-order valence-electron chi connectivity index (χ4n) is 2.27. The Morgan fingerprint density at radius 1 is 0.929 bits per heavy atom. The number of carboxylic acid groups (broad SMARTS) is 1. The molecule has 0 fully saturated rings. The first-order chi connectivity index (χ1) is 12.9. The number of sulfonamides is 1. The molecule has 0 aliphatic heterocycles. The summed E-state index contributed by atoms with van der Waals surface area (Å²) >= 11 is 0. The van der Waals surface area contributed by atoms with Crippen LogP contribution in [0, 0.1) is 36.0 Å². The highest BCUT2D eigenvalue weighted by molar-refractivity contribution is 7.89. The van der Waals surface area contributed by atoms with E-state index in [1.165, 1.54) is 16.9 Å². The molecule has 0 saturated heterocycles. The van der Waals surface area contributed by atoms with Gasteiger partial charge in [-0.15, -0.1) is 0 Å². The van der Waals surface area contributed by atoms with Gasteiger partial charge < -0.3 is 10.2 Å². The molecule has 12 heteroatoms. The van der Waals surface area contributed by atoms with E-state index in [0.29, 0.717) is 5.56 Å². The largest absolute Gasteiger partial charge is 0.479 e. The van der Waals surface area contributed by atoms with Gasteiger partial charge in [0.15, 0.2) is 29.4 Å². The molecule has 28 heavy (non-hydrogen) atoms. The van der Waals surface area contributed by atoms with Crippen LogP contribution in [0.4, 0.5) is 22.0 Å². The number of carboxylic acids is 1. The SMILES string of the molecule is Cc1ccc(S(=O)(=O)NC(c2c(F)c(F)c(F)c(F)c2F)C(O)C(=O)O)cc1. The predicted octanol–water partition coefficient (Wildman–Crippen LogP) is 2.16. The quantitative estimate of drug-likeness (QED) is 0.374.